The van der Waals surface area contributed by atoms with E-state index in [1.54, 1.807) is 20.8 Å². The van der Waals surface area contributed by atoms with Gasteiger partial charge in [-0.25, -0.2) is 14.4 Å². The molecule has 0 heterocycles. The van der Waals surface area contributed by atoms with Gasteiger partial charge in [0.1, 0.15) is 25.9 Å². The second-order valence-corrected chi connectivity index (χ2v) is 8.19. The molecule has 12 heteroatoms. The highest BCUT2D eigenvalue weighted by atomic mass is 16.6. The van der Waals surface area contributed by atoms with Gasteiger partial charge in [-0.2, -0.15) is 0 Å². The Morgan fingerprint density at radius 3 is 1.15 bits per heavy atom. The number of rotatable bonds is 26. The van der Waals surface area contributed by atoms with Crippen molar-refractivity contribution in [3.05, 3.63) is 38.0 Å². The molecule has 0 aromatic rings. The molecule has 0 spiro atoms. The second-order valence-electron chi connectivity index (χ2n) is 8.19. The van der Waals surface area contributed by atoms with Gasteiger partial charge in [-0.3, -0.25) is 0 Å². The Hall–Kier alpha value is -2.61. The number of hydrogen-bond acceptors (Lipinski definition) is 12. The van der Waals surface area contributed by atoms with Crippen molar-refractivity contribution in [3.63, 3.8) is 0 Å². The van der Waals surface area contributed by atoms with Crippen LogP contribution in [-0.2, 0) is 57.0 Å². The van der Waals surface area contributed by atoms with Crippen LogP contribution in [0.1, 0.15) is 20.8 Å². The Kier molecular flexibility index (Phi) is 22.8. The first-order valence-electron chi connectivity index (χ1n) is 12.7. The van der Waals surface area contributed by atoms with Crippen molar-refractivity contribution in [3.8, 4) is 0 Å². The number of carbonyl (C=O) groups excluding carboxylic acids is 3. The molecular formula is C27H44O12. The smallest absolute Gasteiger partial charge is 0.330 e. The topological polar surface area (TPSA) is 134 Å². The lowest BCUT2D eigenvalue weighted by Gasteiger charge is -2.20. The maximum absolute atomic E-state index is 11.1. The molecule has 0 aromatic heterocycles. The second kappa shape index (κ2) is 24.4. The molecule has 0 bridgehead atoms. The summed E-state index contributed by atoms with van der Waals surface area (Å²) < 4.78 is 48.6. The van der Waals surface area contributed by atoms with Gasteiger partial charge in [0.2, 0.25) is 0 Å². The lowest BCUT2D eigenvalue weighted by molar-refractivity contribution is -0.144. The Bertz CT molecular complexity index is 671. The van der Waals surface area contributed by atoms with E-state index >= 15 is 0 Å². The Balaban J connectivity index is 4.33. The van der Waals surface area contributed by atoms with Crippen LogP contribution in [0.15, 0.2) is 38.0 Å². The summed E-state index contributed by atoms with van der Waals surface area (Å²) in [5, 5.41) is 0. The highest BCUT2D eigenvalue weighted by Gasteiger charge is 2.13. The normalized spacial score (nSPS) is 13.9. The predicted octanol–water partition coefficient (Wildman–Crippen LogP) is 1.81. The van der Waals surface area contributed by atoms with E-state index < -0.39 is 17.9 Å². The zero-order valence-corrected chi connectivity index (χ0v) is 23.3. The van der Waals surface area contributed by atoms with E-state index in [-0.39, 0.29) is 70.7 Å². The van der Waals surface area contributed by atoms with E-state index in [0.29, 0.717) is 26.4 Å². The molecule has 0 aliphatic carbocycles. The average Bonchev–Trinajstić information content (AvgIpc) is 2.94. The van der Waals surface area contributed by atoms with Crippen molar-refractivity contribution in [2.45, 2.75) is 45.2 Å². The van der Waals surface area contributed by atoms with Gasteiger partial charge in [-0.1, -0.05) is 19.7 Å². The van der Waals surface area contributed by atoms with Crippen molar-refractivity contribution < 1.29 is 57.0 Å². The maximum Gasteiger partial charge on any atom is 0.330 e. The molecule has 0 aromatic carbocycles. The monoisotopic (exact) mass is 560 g/mol. The molecule has 0 aliphatic rings. The maximum atomic E-state index is 11.1. The summed E-state index contributed by atoms with van der Waals surface area (Å²) in [6.45, 7) is 17.9. The van der Waals surface area contributed by atoms with Crippen LogP contribution in [0.25, 0.3) is 0 Å². The SMILES string of the molecule is C=CC(=O)OCC(C)OCCOCC(COCCOC(C)COC(=O)C=C)OCCOC(C)COC(=O)C=C. The first kappa shape index (κ1) is 36.4. The van der Waals surface area contributed by atoms with E-state index in [0.717, 1.165) is 18.2 Å². The van der Waals surface area contributed by atoms with Crippen LogP contribution < -0.4 is 0 Å². The molecule has 12 nitrogen and oxygen atoms in total. The first-order chi connectivity index (χ1) is 18.7. The van der Waals surface area contributed by atoms with Gasteiger partial charge in [0.15, 0.2) is 0 Å². The highest BCUT2D eigenvalue weighted by Crippen LogP contribution is 2.01. The number of ether oxygens (including phenoxy) is 9. The molecule has 0 radical (unpaired) electrons. The molecular weight excluding hydrogens is 516 g/mol. The quantitative estimate of drug-likeness (QED) is 0.0661. The molecule has 39 heavy (non-hydrogen) atoms. The van der Waals surface area contributed by atoms with Gasteiger partial charge in [-0.05, 0) is 20.8 Å². The fourth-order valence-corrected chi connectivity index (χ4v) is 2.57. The van der Waals surface area contributed by atoms with Crippen molar-refractivity contribution in [1.29, 1.82) is 0 Å². The largest absolute Gasteiger partial charge is 0.460 e. The standard InChI is InChI=1S/C27H44O12/c1-7-25(28)37-16-21(4)33-12-10-31-19-24(36-15-14-35-23(6)18-39-27(30)9-3)20-32-11-13-34-22(5)17-38-26(29)8-2/h7-9,21-24H,1-3,10-20H2,4-6H3. The summed E-state index contributed by atoms with van der Waals surface area (Å²) in [6.07, 6.45) is 2.00. The zero-order chi connectivity index (χ0) is 29.3. The Morgan fingerprint density at radius 1 is 0.513 bits per heavy atom. The van der Waals surface area contributed by atoms with Crippen LogP contribution in [0, 0.1) is 0 Å². The summed E-state index contributed by atoms with van der Waals surface area (Å²) in [4.78, 5) is 33.3. The minimum absolute atomic E-state index is 0.108. The van der Waals surface area contributed by atoms with Crippen LogP contribution in [-0.4, -0.2) is 115 Å². The number of carbonyl (C=O) groups is 3. The number of hydrogen-bond donors (Lipinski definition) is 0. The molecule has 0 amide bonds. The lowest BCUT2D eigenvalue weighted by Crippen LogP contribution is -2.30. The van der Waals surface area contributed by atoms with Crippen molar-refractivity contribution in [2.24, 2.45) is 0 Å². The molecule has 0 saturated carbocycles. The Morgan fingerprint density at radius 2 is 0.821 bits per heavy atom. The lowest BCUT2D eigenvalue weighted by atomic mass is 10.4. The summed E-state index contributed by atoms with van der Waals surface area (Å²) >= 11 is 0. The van der Waals surface area contributed by atoms with Crippen LogP contribution in [0.5, 0.6) is 0 Å². The first-order valence-corrected chi connectivity index (χ1v) is 12.7. The predicted molar refractivity (Wildman–Crippen MR) is 141 cm³/mol. The van der Waals surface area contributed by atoms with E-state index in [1.165, 1.54) is 0 Å². The summed E-state index contributed by atoms with van der Waals surface area (Å²) in [5.74, 6) is -1.52. The molecule has 3 atom stereocenters. The van der Waals surface area contributed by atoms with E-state index in [4.69, 9.17) is 42.6 Å². The fraction of sp³-hybridized carbons (Fsp3) is 0.667. The Labute approximate surface area is 231 Å². The molecule has 0 saturated heterocycles. The van der Waals surface area contributed by atoms with Gasteiger partial charge >= 0.3 is 17.9 Å². The minimum atomic E-state index is -0.511. The van der Waals surface area contributed by atoms with Crippen LogP contribution >= 0.6 is 0 Å². The highest BCUT2D eigenvalue weighted by molar-refractivity contribution is 5.81. The zero-order valence-electron chi connectivity index (χ0n) is 23.3. The summed E-state index contributed by atoms with van der Waals surface area (Å²) in [7, 11) is 0. The van der Waals surface area contributed by atoms with Crippen molar-refractivity contribution >= 4 is 17.9 Å². The van der Waals surface area contributed by atoms with Gasteiger partial charge < -0.3 is 42.6 Å². The van der Waals surface area contributed by atoms with E-state index in [9.17, 15) is 14.4 Å². The summed E-state index contributed by atoms with van der Waals surface area (Å²) in [5.41, 5.74) is 0. The third-order valence-corrected chi connectivity index (χ3v) is 4.59. The van der Waals surface area contributed by atoms with Crippen molar-refractivity contribution in [1.82, 2.24) is 0 Å². The van der Waals surface area contributed by atoms with Gasteiger partial charge in [-0.15, -0.1) is 0 Å². The molecule has 0 N–H and O–H groups in total. The van der Waals surface area contributed by atoms with E-state index in [2.05, 4.69) is 19.7 Å². The molecule has 0 aliphatic heterocycles. The molecule has 3 unspecified atom stereocenters. The van der Waals surface area contributed by atoms with Crippen LogP contribution in [0.2, 0.25) is 0 Å². The molecule has 0 rings (SSSR count). The van der Waals surface area contributed by atoms with Crippen LogP contribution in [0.3, 0.4) is 0 Å². The third kappa shape index (κ3) is 23.0. The average molecular weight is 561 g/mol. The minimum Gasteiger partial charge on any atom is -0.460 e. The fourth-order valence-electron chi connectivity index (χ4n) is 2.57. The van der Waals surface area contributed by atoms with E-state index in [1.807, 2.05) is 0 Å². The number of esters is 3. The molecule has 224 valence electrons. The van der Waals surface area contributed by atoms with Gasteiger partial charge in [0.05, 0.1) is 71.2 Å². The van der Waals surface area contributed by atoms with Gasteiger partial charge in [0, 0.05) is 18.2 Å². The van der Waals surface area contributed by atoms with Crippen molar-refractivity contribution in [2.75, 3.05) is 72.7 Å². The summed E-state index contributed by atoms with van der Waals surface area (Å²) in [6, 6.07) is 0. The molecule has 0 fully saturated rings. The van der Waals surface area contributed by atoms with Crippen LogP contribution in [0.4, 0.5) is 0 Å². The van der Waals surface area contributed by atoms with Gasteiger partial charge in [0.25, 0.3) is 0 Å². The third-order valence-electron chi connectivity index (χ3n) is 4.59.